The quantitative estimate of drug-likeness (QED) is 0.694. The summed E-state index contributed by atoms with van der Waals surface area (Å²) in [6, 6.07) is 4.88. The third-order valence-electron chi connectivity index (χ3n) is 1.95. The fourth-order valence-corrected chi connectivity index (χ4v) is 1.35. The number of hydrogen-bond donors (Lipinski definition) is 2. The van der Waals surface area contributed by atoms with Crippen molar-refractivity contribution in [3.63, 3.8) is 0 Å². The molecule has 0 radical (unpaired) electrons. The van der Waals surface area contributed by atoms with Crippen LogP contribution in [0.5, 0.6) is 0 Å². The topological polar surface area (TPSA) is 83.0 Å². The first-order chi connectivity index (χ1) is 6.74. The van der Waals surface area contributed by atoms with Gasteiger partial charge in [0.05, 0.1) is 5.52 Å². The van der Waals surface area contributed by atoms with E-state index in [4.69, 9.17) is 5.11 Å². The third kappa shape index (κ3) is 1.06. The summed E-state index contributed by atoms with van der Waals surface area (Å²) in [7, 11) is 0. The lowest BCUT2D eigenvalue weighted by atomic mass is 10.1. The van der Waals surface area contributed by atoms with E-state index < -0.39 is 5.97 Å². The second-order valence-corrected chi connectivity index (χ2v) is 2.77. The fourth-order valence-electron chi connectivity index (χ4n) is 1.35. The number of hydrogen-bond acceptors (Lipinski definition) is 3. The van der Waals surface area contributed by atoms with Gasteiger partial charge in [0, 0.05) is 10.9 Å². The highest BCUT2D eigenvalue weighted by molar-refractivity contribution is 6.07. The van der Waals surface area contributed by atoms with E-state index in [2.05, 4.69) is 10.2 Å². The number of carboxylic acids is 1. The summed E-state index contributed by atoms with van der Waals surface area (Å²) in [5.41, 5.74) is 0.753. The van der Waals surface area contributed by atoms with Gasteiger partial charge in [0.1, 0.15) is 0 Å². The number of carbonyl (C=O) groups excluding carboxylic acids is 1. The molecule has 0 saturated carbocycles. The van der Waals surface area contributed by atoms with Gasteiger partial charge in [0.25, 0.3) is 0 Å². The first-order valence-corrected chi connectivity index (χ1v) is 3.89. The lowest BCUT2D eigenvalue weighted by Gasteiger charge is -1.93. The summed E-state index contributed by atoms with van der Waals surface area (Å²) in [4.78, 5) is 21.4. The van der Waals surface area contributed by atoms with E-state index in [1.165, 1.54) is 0 Å². The number of H-pyrrole nitrogens is 1. The van der Waals surface area contributed by atoms with Crippen molar-refractivity contribution < 1.29 is 14.7 Å². The summed E-state index contributed by atoms with van der Waals surface area (Å²) in [6.45, 7) is 0. The van der Waals surface area contributed by atoms with E-state index in [-0.39, 0.29) is 5.69 Å². The maximum Gasteiger partial charge on any atom is 0.357 e. The van der Waals surface area contributed by atoms with Gasteiger partial charge in [-0.3, -0.25) is 9.89 Å². The average Bonchev–Trinajstić information content (AvgIpc) is 2.60. The maximum atomic E-state index is 10.7. The normalized spacial score (nSPS) is 10.3. The Hall–Kier alpha value is -2.17. The molecule has 0 atom stereocenters. The first-order valence-electron chi connectivity index (χ1n) is 3.89. The van der Waals surface area contributed by atoms with E-state index in [0.717, 1.165) is 0 Å². The molecule has 0 aliphatic heterocycles. The molecule has 5 heteroatoms. The number of aldehydes is 1. The highest BCUT2D eigenvalue weighted by Crippen LogP contribution is 2.19. The van der Waals surface area contributed by atoms with E-state index in [0.29, 0.717) is 22.8 Å². The van der Waals surface area contributed by atoms with Crippen LogP contribution in [0.2, 0.25) is 0 Å². The lowest BCUT2D eigenvalue weighted by molar-refractivity contribution is 0.0692. The molecule has 1 heterocycles. The highest BCUT2D eigenvalue weighted by atomic mass is 16.4. The Balaban J connectivity index is 2.87. The van der Waals surface area contributed by atoms with Gasteiger partial charge in [-0.15, -0.1) is 0 Å². The molecule has 1 aromatic heterocycles. The van der Waals surface area contributed by atoms with Crippen LogP contribution in [0.3, 0.4) is 0 Å². The number of rotatable bonds is 2. The molecule has 5 nitrogen and oxygen atoms in total. The molecule has 70 valence electrons. The minimum Gasteiger partial charge on any atom is -0.476 e. The molecule has 2 N–H and O–H groups in total. The molecule has 0 unspecified atom stereocenters. The smallest absolute Gasteiger partial charge is 0.357 e. The van der Waals surface area contributed by atoms with Crippen LogP contribution in [0.15, 0.2) is 18.2 Å². The Labute approximate surface area is 78.4 Å². The second-order valence-electron chi connectivity index (χ2n) is 2.77. The van der Waals surface area contributed by atoms with E-state index in [9.17, 15) is 9.59 Å². The van der Waals surface area contributed by atoms with Crippen molar-refractivity contribution in [1.29, 1.82) is 0 Å². The van der Waals surface area contributed by atoms with Crippen LogP contribution in [0.25, 0.3) is 10.9 Å². The molecular formula is C9H6N2O3. The number of nitrogens with one attached hydrogen (secondary N) is 1. The van der Waals surface area contributed by atoms with Gasteiger partial charge in [-0.2, -0.15) is 5.10 Å². The number of benzene rings is 1. The summed E-state index contributed by atoms with van der Waals surface area (Å²) >= 11 is 0. The van der Waals surface area contributed by atoms with Crippen molar-refractivity contribution in [2.75, 3.05) is 0 Å². The van der Waals surface area contributed by atoms with Gasteiger partial charge in [-0.25, -0.2) is 4.79 Å². The molecule has 0 spiro atoms. The van der Waals surface area contributed by atoms with Gasteiger partial charge >= 0.3 is 5.97 Å². The number of aromatic carboxylic acids is 1. The van der Waals surface area contributed by atoms with Crippen LogP contribution >= 0.6 is 0 Å². The van der Waals surface area contributed by atoms with Crippen LogP contribution in [0.1, 0.15) is 20.8 Å². The molecular weight excluding hydrogens is 184 g/mol. The van der Waals surface area contributed by atoms with Crippen molar-refractivity contribution in [2.45, 2.75) is 0 Å². The zero-order valence-corrected chi connectivity index (χ0v) is 7.02. The average molecular weight is 190 g/mol. The zero-order valence-electron chi connectivity index (χ0n) is 7.02. The maximum absolute atomic E-state index is 10.7. The SMILES string of the molecule is O=Cc1cccc2[nH]nc(C(=O)O)c12. The number of carboxylic acid groups (broad SMARTS) is 1. The molecule has 0 fully saturated rings. The molecule has 0 saturated heterocycles. The van der Waals surface area contributed by atoms with Crippen molar-refractivity contribution in [3.8, 4) is 0 Å². The van der Waals surface area contributed by atoms with E-state index in [1.807, 2.05) is 0 Å². The number of nitrogens with zero attached hydrogens (tertiary/aromatic N) is 1. The zero-order chi connectivity index (χ0) is 10.1. The minimum absolute atomic E-state index is 0.122. The van der Waals surface area contributed by atoms with Crippen LogP contribution in [0.4, 0.5) is 0 Å². The lowest BCUT2D eigenvalue weighted by Crippen LogP contribution is -1.98. The van der Waals surface area contributed by atoms with Crippen LogP contribution < -0.4 is 0 Å². The fraction of sp³-hybridized carbons (Fsp3) is 0. The Morgan fingerprint density at radius 1 is 1.50 bits per heavy atom. The van der Waals surface area contributed by atoms with Crippen molar-refractivity contribution >= 4 is 23.2 Å². The predicted molar refractivity (Wildman–Crippen MR) is 48.4 cm³/mol. The van der Waals surface area contributed by atoms with Crippen molar-refractivity contribution in [2.24, 2.45) is 0 Å². The summed E-state index contributed by atoms with van der Waals surface area (Å²) in [5.74, 6) is -1.15. The largest absolute Gasteiger partial charge is 0.476 e. The highest BCUT2D eigenvalue weighted by Gasteiger charge is 2.15. The molecule has 0 aliphatic carbocycles. The van der Waals surface area contributed by atoms with Crippen molar-refractivity contribution in [1.82, 2.24) is 10.2 Å². The number of aromatic amines is 1. The van der Waals surface area contributed by atoms with Gasteiger partial charge in [-0.1, -0.05) is 12.1 Å². The predicted octanol–water partition coefficient (Wildman–Crippen LogP) is 1.07. The summed E-state index contributed by atoms with van der Waals surface area (Å²) < 4.78 is 0. The van der Waals surface area contributed by atoms with Crippen LogP contribution in [0, 0.1) is 0 Å². The van der Waals surface area contributed by atoms with Gasteiger partial charge < -0.3 is 5.11 Å². The molecule has 0 amide bonds. The Bertz CT molecular complexity index is 516. The monoisotopic (exact) mass is 190 g/mol. The Morgan fingerprint density at radius 3 is 2.93 bits per heavy atom. The molecule has 0 aliphatic rings. The minimum atomic E-state index is -1.15. The van der Waals surface area contributed by atoms with Gasteiger partial charge in [-0.05, 0) is 6.07 Å². The van der Waals surface area contributed by atoms with Gasteiger partial charge in [0.15, 0.2) is 12.0 Å². The molecule has 2 aromatic rings. The first kappa shape index (κ1) is 8.43. The summed E-state index contributed by atoms with van der Waals surface area (Å²) in [5, 5.41) is 15.3. The number of fused-ring (bicyclic) bond motifs is 1. The van der Waals surface area contributed by atoms with Crippen LogP contribution in [-0.4, -0.2) is 27.6 Å². The second kappa shape index (κ2) is 2.95. The third-order valence-corrected chi connectivity index (χ3v) is 1.95. The van der Waals surface area contributed by atoms with E-state index in [1.54, 1.807) is 18.2 Å². The molecule has 0 bridgehead atoms. The van der Waals surface area contributed by atoms with Crippen LogP contribution in [-0.2, 0) is 0 Å². The molecule has 1 aromatic carbocycles. The Morgan fingerprint density at radius 2 is 2.29 bits per heavy atom. The molecule has 14 heavy (non-hydrogen) atoms. The molecule has 2 rings (SSSR count). The van der Waals surface area contributed by atoms with E-state index >= 15 is 0 Å². The number of carbonyl (C=O) groups is 2. The van der Waals surface area contributed by atoms with Crippen molar-refractivity contribution in [3.05, 3.63) is 29.5 Å². The summed E-state index contributed by atoms with van der Waals surface area (Å²) in [6.07, 6.45) is 0.615. The van der Waals surface area contributed by atoms with Gasteiger partial charge in [0.2, 0.25) is 0 Å². The number of aromatic nitrogens is 2. The standard InChI is InChI=1S/C9H6N2O3/c12-4-5-2-1-3-6-7(5)8(9(13)14)11-10-6/h1-4H,(H,10,11)(H,13,14). The Kier molecular flexibility index (Phi) is 1.78.